The first-order valence-corrected chi connectivity index (χ1v) is 7.90. The van der Waals surface area contributed by atoms with E-state index in [2.05, 4.69) is 10.3 Å². The Labute approximate surface area is 141 Å². The predicted octanol–water partition coefficient (Wildman–Crippen LogP) is 2.37. The van der Waals surface area contributed by atoms with Gasteiger partial charge in [-0.15, -0.1) is 0 Å². The highest BCUT2D eigenvalue weighted by Gasteiger charge is 2.32. The number of urea groups is 1. The van der Waals surface area contributed by atoms with Gasteiger partial charge in [0.25, 0.3) is 0 Å². The molecule has 24 heavy (non-hydrogen) atoms. The second-order valence-electron chi connectivity index (χ2n) is 5.77. The van der Waals surface area contributed by atoms with E-state index in [1.54, 1.807) is 12.0 Å². The highest BCUT2D eigenvalue weighted by Crippen LogP contribution is 2.17. The van der Waals surface area contributed by atoms with Gasteiger partial charge in [-0.05, 0) is 30.7 Å². The molecule has 1 aromatic carbocycles. The fourth-order valence-electron chi connectivity index (χ4n) is 2.47. The Kier molecular flexibility index (Phi) is 4.84. The van der Waals surface area contributed by atoms with Crippen molar-refractivity contribution in [3.63, 3.8) is 0 Å². The number of methoxy groups -OCH3 is 1. The van der Waals surface area contributed by atoms with Crippen LogP contribution in [0, 0.1) is 6.92 Å². The van der Waals surface area contributed by atoms with Crippen molar-refractivity contribution in [2.45, 2.75) is 19.6 Å². The molecule has 1 aromatic heterocycles. The molecule has 1 saturated heterocycles. The van der Waals surface area contributed by atoms with Gasteiger partial charge in [0.2, 0.25) is 5.88 Å². The average molecular weight is 327 g/mol. The monoisotopic (exact) mass is 327 g/mol. The largest absolute Gasteiger partial charge is 0.497 e. The molecule has 2 heterocycles. The molecule has 1 aliphatic rings. The van der Waals surface area contributed by atoms with Gasteiger partial charge in [0.05, 0.1) is 20.2 Å². The van der Waals surface area contributed by atoms with Crippen molar-refractivity contribution in [3.8, 4) is 11.6 Å². The minimum absolute atomic E-state index is 0.00559. The van der Waals surface area contributed by atoms with Crippen LogP contribution in [0.1, 0.15) is 11.3 Å². The zero-order chi connectivity index (χ0) is 16.9. The molecule has 1 aliphatic heterocycles. The summed E-state index contributed by atoms with van der Waals surface area (Å²) in [5, 5.41) is 2.91. The van der Waals surface area contributed by atoms with Crippen molar-refractivity contribution in [1.82, 2.24) is 15.2 Å². The van der Waals surface area contributed by atoms with E-state index in [0.717, 1.165) is 17.0 Å². The Morgan fingerprint density at radius 1 is 1.25 bits per heavy atom. The standard InChI is InChI=1S/C18H21N3O3/c1-13-4-3-5-17(20-13)24-16-11-21(12-16)18(22)19-10-14-6-8-15(23-2)9-7-14/h3-9,16H,10-12H2,1-2H3,(H,19,22). The van der Waals surface area contributed by atoms with Crippen molar-refractivity contribution in [1.29, 1.82) is 0 Å². The summed E-state index contributed by atoms with van der Waals surface area (Å²) in [6.07, 6.45) is 0.00559. The van der Waals surface area contributed by atoms with Gasteiger partial charge < -0.3 is 19.7 Å². The summed E-state index contributed by atoms with van der Waals surface area (Å²) in [5.41, 5.74) is 1.95. The number of aryl methyl sites for hydroxylation is 1. The Morgan fingerprint density at radius 2 is 2.00 bits per heavy atom. The zero-order valence-corrected chi connectivity index (χ0v) is 13.9. The van der Waals surface area contributed by atoms with Gasteiger partial charge in [0.1, 0.15) is 11.9 Å². The minimum atomic E-state index is -0.0807. The number of nitrogens with zero attached hydrogens (tertiary/aromatic N) is 2. The molecule has 3 rings (SSSR count). The zero-order valence-electron chi connectivity index (χ0n) is 13.9. The van der Waals surface area contributed by atoms with Gasteiger partial charge >= 0.3 is 6.03 Å². The Bertz CT molecular complexity index is 697. The van der Waals surface area contributed by atoms with Crippen molar-refractivity contribution >= 4 is 6.03 Å². The molecule has 6 heteroatoms. The summed E-state index contributed by atoms with van der Waals surface area (Å²) in [6, 6.07) is 13.2. The van der Waals surface area contributed by atoms with Gasteiger partial charge in [-0.3, -0.25) is 0 Å². The van der Waals surface area contributed by atoms with Gasteiger partial charge in [0, 0.05) is 18.3 Å². The number of aromatic nitrogens is 1. The van der Waals surface area contributed by atoms with E-state index in [1.165, 1.54) is 0 Å². The maximum atomic E-state index is 12.1. The average Bonchev–Trinajstić information content (AvgIpc) is 2.56. The molecule has 2 amide bonds. The third-order valence-corrected chi connectivity index (χ3v) is 3.89. The molecule has 0 radical (unpaired) electrons. The number of likely N-dealkylation sites (tertiary alicyclic amines) is 1. The first kappa shape index (κ1) is 16.1. The SMILES string of the molecule is COc1ccc(CNC(=O)N2CC(Oc3cccc(C)n3)C2)cc1. The molecule has 0 saturated carbocycles. The van der Waals surface area contributed by atoms with Crippen molar-refractivity contribution in [2.75, 3.05) is 20.2 Å². The topological polar surface area (TPSA) is 63.7 Å². The number of carbonyl (C=O) groups excluding carboxylic acids is 1. The molecule has 0 bridgehead atoms. The van der Waals surface area contributed by atoms with Crippen LogP contribution in [0.15, 0.2) is 42.5 Å². The Morgan fingerprint density at radius 3 is 2.67 bits per heavy atom. The van der Waals surface area contributed by atoms with E-state index in [4.69, 9.17) is 9.47 Å². The molecule has 0 atom stereocenters. The molecule has 2 aromatic rings. The number of pyridine rings is 1. The minimum Gasteiger partial charge on any atom is -0.497 e. The fourth-order valence-corrected chi connectivity index (χ4v) is 2.47. The molecule has 6 nitrogen and oxygen atoms in total. The number of amides is 2. The highest BCUT2D eigenvalue weighted by molar-refractivity contribution is 5.75. The number of nitrogens with one attached hydrogen (secondary N) is 1. The molecular formula is C18H21N3O3. The van der Waals surface area contributed by atoms with E-state index in [9.17, 15) is 4.79 Å². The van der Waals surface area contributed by atoms with Crippen LogP contribution in [0.25, 0.3) is 0 Å². The summed E-state index contributed by atoms with van der Waals surface area (Å²) < 4.78 is 10.9. The summed E-state index contributed by atoms with van der Waals surface area (Å²) in [7, 11) is 1.63. The molecule has 1 fully saturated rings. The Balaban J connectivity index is 1.41. The second kappa shape index (κ2) is 7.21. The summed E-state index contributed by atoms with van der Waals surface area (Å²) in [5.74, 6) is 1.41. The van der Waals surface area contributed by atoms with Crippen LogP contribution in [0.3, 0.4) is 0 Å². The molecule has 0 spiro atoms. The first-order chi connectivity index (χ1) is 11.6. The van der Waals surface area contributed by atoms with Gasteiger partial charge in [-0.25, -0.2) is 9.78 Å². The lowest BCUT2D eigenvalue weighted by Crippen LogP contribution is -2.58. The van der Waals surface area contributed by atoms with Crippen LogP contribution in [-0.2, 0) is 6.54 Å². The number of benzene rings is 1. The maximum Gasteiger partial charge on any atom is 0.317 e. The van der Waals surface area contributed by atoms with Crippen molar-refractivity contribution in [2.24, 2.45) is 0 Å². The van der Waals surface area contributed by atoms with E-state index in [1.807, 2.05) is 49.4 Å². The van der Waals surface area contributed by atoms with E-state index in [0.29, 0.717) is 25.5 Å². The van der Waals surface area contributed by atoms with Crippen LogP contribution in [0.5, 0.6) is 11.6 Å². The molecular weight excluding hydrogens is 306 g/mol. The van der Waals surface area contributed by atoms with Gasteiger partial charge in [0.15, 0.2) is 0 Å². The summed E-state index contributed by atoms with van der Waals surface area (Å²) >= 11 is 0. The highest BCUT2D eigenvalue weighted by atomic mass is 16.5. The van der Waals surface area contributed by atoms with E-state index < -0.39 is 0 Å². The number of ether oxygens (including phenoxy) is 2. The number of hydrogen-bond acceptors (Lipinski definition) is 4. The number of rotatable bonds is 5. The molecule has 0 unspecified atom stereocenters. The van der Waals surface area contributed by atoms with Gasteiger partial charge in [-0.2, -0.15) is 0 Å². The van der Waals surface area contributed by atoms with E-state index in [-0.39, 0.29) is 12.1 Å². The van der Waals surface area contributed by atoms with Crippen LogP contribution in [0.4, 0.5) is 4.79 Å². The normalized spacial score (nSPS) is 14.0. The van der Waals surface area contributed by atoms with Gasteiger partial charge in [-0.1, -0.05) is 18.2 Å². The fraction of sp³-hybridized carbons (Fsp3) is 0.333. The quantitative estimate of drug-likeness (QED) is 0.916. The first-order valence-electron chi connectivity index (χ1n) is 7.90. The van der Waals surface area contributed by atoms with Crippen LogP contribution < -0.4 is 14.8 Å². The lowest BCUT2D eigenvalue weighted by molar-refractivity contribution is 0.0412. The lowest BCUT2D eigenvalue weighted by atomic mass is 10.2. The predicted molar refractivity (Wildman–Crippen MR) is 90.2 cm³/mol. The Hall–Kier alpha value is -2.76. The van der Waals surface area contributed by atoms with Crippen molar-refractivity contribution < 1.29 is 14.3 Å². The van der Waals surface area contributed by atoms with Crippen LogP contribution >= 0.6 is 0 Å². The van der Waals surface area contributed by atoms with Crippen molar-refractivity contribution in [3.05, 3.63) is 53.7 Å². The number of carbonyl (C=O) groups is 1. The molecule has 1 N–H and O–H groups in total. The molecule has 0 aliphatic carbocycles. The third-order valence-electron chi connectivity index (χ3n) is 3.89. The number of hydrogen-bond donors (Lipinski definition) is 1. The second-order valence-corrected chi connectivity index (χ2v) is 5.77. The van der Waals surface area contributed by atoms with Crippen LogP contribution in [0.2, 0.25) is 0 Å². The lowest BCUT2D eigenvalue weighted by Gasteiger charge is -2.38. The smallest absolute Gasteiger partial charge is 0.317 e. The summed E-state index contributed by atoms with van der Waals surface area (Å²) in [6.45, 7) is 3.56. The third kappa shape index (κ3) is 3.95. The van der Waals surface area contributed by atoms with Crippen LogP contribution in [-0.4, -0.2) is 42.2 Å². The maximum absolute atomic E-state index is 12.1. The van der Waals surface area contributed by atoms with E-state index >= 15 is 0 Å². The summed E-state index contributed by atoms with van der Waals surface area (Å²) in [4.78, 5) is 18.1. The molecule has 126 valence electrons.